The highest BCUT2D eigenvalue weighted by Crippen LogP contribution is 2.20. The molecular weight excluding hydrogens is 536 g/mol. The van der Waals surface area contributed by atoms with Crippen LogP contribution in [-0.4, -0.2) is 7.47 Å². The zero-order valence-electron chi connectivity index (χ0n) is 13.0. The highest BCUT2D eigenvalue weighted by Gasteiger charge is 2.03. The van der Waals surface area contributed by atoms with E-state index < -0.39 is 0 Å². The van der Waals surface area contributed by atoms with Gasteiger partial charge in [0.1, 0.15) is 0 Å². The van der Waals surface area contributed by atoms with Crippen LogP contribution >= 0.6 is 63.7 Å². The van der Waals surface area contributed by atoms with Crippen molar-refractivity contribution in [3.05, 3.63) is 35.4 Å². The van der Waals surface area contributed by atoms with Crippen molar-refractivity contribution in [3.8, 4) is 0 Å². The molecule has 4 heteroatoms. The summed E-state index contributed by atoms with van der Waals surface area (Å²) in [6.07, 6.45) is 12.7. The third-order valence-electron chi connectivity index (χ3n) is 3.86. The third kappa shape index (κ3) is 10.8. The van der Waals surface area contributed by atoms with Crippen molar-refractivity contribution in [2.75, 3.05) is 0 Å². The lowest BCUT2D eigenvalue weighted by molar-refractivity contribution is 0.650. The SMILES string of the molecule is BrC(Br)CCCCCc1ccccc1CCCCCC(Br)Br. The Hall–Kier alpha value is 1.14. The smallest absolute Gasteiger partial charge is 0.0697 e. The van der Waals surface area contributed by atoms with Gasteiger partial charge in [0.15, 0.2) is 0 Å². The van der Waals surface area contributed by atoms with Crippen molar-refractivity contribution in [1.29, 1.82) is 0 Å². The molecule has 0 radical (unpaired) electrons. The molecule has 22 heavy (non-hydrogen) atoms. The van der Waals surface area contributed by atoms with Crippen LogP contribution in [0, 0.1) is 0 Å². The van der Waals surface area contributed by atoms with Crippen LogP contribution < -0.4 is 0 Å². The molecule has 0 amide bonds. The van der Waals surface area contributed by atoms with Gasteiger partial charge in [-0.1, -0.05) is 114 Å². The quantitative estimate of drug-likeness (QED) is 0.178. The Bertz CT molecular complexity index is 353. The van der Waals surface area contributed by atoms with Crippen LogP contribution in [0.4, 0.5) is 0 Å². The number of rotatable bonds is 12. The van der Waals surface area contributed by atoms with E-state index in [9.17, 15) is 0 Å². The maximum Gasteiger partial charge on any atom is 0.0697 e. The Balaban J connectivity index is 2.26. The Morgan fingerprint density at radius 2 is 1.00 bits per heavy atom. The molecule has 1 aromatic carbocycles. The van der Waals surface area contributed by atoms with Crippen molar-refractivity contribution >= 4 is 63.7 Å². The minimum atomic E-state index is 0.478. The number of alkyl halides is 4. The minimum absolute atomic E-state index is 0.478. The molecular formula is C18H26Br4. The minimum Gasteiger partial charge on any atom is -0.0765 e. The first-order valence-corrected chi connectivity index (χ1v) is 11.9. The van der Waals surface area contributed by atoms with Crippen molar-refractivity contribution < 1.29 is 0 Å². The Kier molecular flexibility index (Phi) is 12.9. The van der Waals surface area contributed by atoms with Gasteiger partial charge in [-0.05, 0) is 49.7 Å². The first-order valence-electron chi connectivity index (χ1n) is 8.22. The van der Waals surface area contributed by atoms with E-state index in [1.165, 1.54) is 64.2 Å². The van der Waals surface area contributed by atoms with Crippen LogP contribution in [0.2, 0.25) is 0 Å². The summed E-state index contributed by atoms with van der Waals surface area (Å²) in [7, 11) is 0. The summed E-state index contributed by atoms with van der Waals surface area (Å²) >= 11 is 14.2. The molecule has 0 fully saturated rings. The van der Waals surface area contributed by atoms with E-state index in [-0.39, 0.29) is 0 Å². The predicted octanol–water partition coefficient (Wildman–Crippen LogP) is 8.12. The first-order chi connectivity index (χ1) is 10.6. The average molecular weight is 562 g/mol. The molecule has 0 nitrogen and oxygen atoms in total. The number of hydrogen-bond acceptors (Lipinski definition) is 0. The summed E-state index contributed by atoms with van der Waals surface area (Å²) in [5.74, 6) is 0. The van der Waals surface area contributed by atoms with Gasteiger partial charge in [0.25, 0.3) is 0 Å². The summed E-state index contributed by atoms with van der Waals surface area (Å²) in [4.78, 5) is 0. The van der Waals surface area contributed by atoms with Crippen LogP contribution in [0.15, 0.2) is 24.3 Å². The number of benzene rings is 1. The topological polar surface area (TPSA) is 0 Å². The lowest BCUT2D eigenvalue weighted by atomic mass is 9.97. The molecule has 0 heterocycles. The number of aryl methyl sites for hydroxylation is 2. The molecule has 126 valence electrons. The van der Waals surface area contributed by atoms with Gasteiger partial charge in [0.05, 0.1) is 7.47 Å². The summed E-state index contributed by atoms with van der Waals surface area (Å²) in [5.41, 5.74) is 3.13. The van der Waals surface area contributed by atoms with Gasteiger partial charge < -0.3 is 0 Å². The highest BCUT2D eigenvalue weighted by atomic mass is 79.9. The second-order valence-corrected chi connectivity index (χ2v) is 12.6. The molecule has 0 unspecified atom stereocenters. The second kappa shape index (κ2) is 13.4. The Morgan fingerprint density at radius 1 is 0.591 bits per heavy atom. The van der Waals surface area contributed by atoms with Gasteiger partial charge in [-0.15, -0.1) is 0 Å². The average Bonchev–Trinajstić information content (AvgIpc) is 2.47. The molecule has 0 aliphatic carbocycles. The largest absolute Gasteiger partial charge is 0.0765 e. The van der Waals surface area contributed by atoms with Crippen molar-refractivity contribution in [3.63, 3.8) is 0 Å². The molecule has 0 spiro atoms. The Labute approximate surface area is 169 Å². The lowest BCUT2D eigenvalue weighted by Crippen LogP contribution is -1.96. The first kappa shape index (κ1) is 21.2. The molecule has 0 bridgehead atoms. The van der Waals surface area contributed by atoms with Gasteiger partial charge in [-0.2, -0.15) is 0 Å². The molecule has 0 saturated heterocycles. The van der Waals surface area contributed by atoms with E-state index in [0.717, 1.165) is 0 Å². The highest BCUT2D eigenvalue weighted by molar-refractivity contribution is 9.25. The van der Waals surface area contributed by atoms with Gasteiger partial charge in [0.2, 0.25) is 0 Å². The fraction of sp³-hybridized carbons (Fsp3) is 0.667. The Morgan fingerprint density at radius 3 is 1.36 bits per heavy atom. The maximum absolute atomic E-state index is 3.54. The number of unbranched alkanes of at least 4 members (excludes halogenated alkanes) is 4. The second-order valence-electron chi connectivity index (χ2n) is 5.75. The van der Waals surface area contributed by atoms with Crippen LogP contribution in [0.3, 0.4) is 0 Å². The normalized spacial score (nSPS) is 11.5. The van der Waals surface area contributed by atoms with E-state index in [0.29, 0.717) is 7.47 Å². The monoisotopic (exact) mass is 558 g/mol. The molecule has 0 atom stereocenters. The van der Waals surface area contributed by atoms with Crippen LogP contribution in [0.25, 0.3) is 0 Å². The fourth-order valence-electron chi connectivity index (χ4n) is 2.63. The number of halogens is 4. The van der Waals surface area contributed by atoms with Crippen LogP contribution in [-0.2, 0) is 12.8 Å². The zero-order chi connectivity index (χ0) is 16.2. The van der Waals surface area contributed by atoms with Crippen molar-refractivity contribution in [1.82, 2.24) is 0 Å². The lowest BCUT2D eigenvalue weighted by Gasteiger charge is -2.10. The molecule has 0 aliphatic rings. The predicted molar refractivity (Wildman–Crippen MR) is 114 cm³/mol. The van der Waals surface area contributed by atoms with Crippen molar-refractivity contribution in [2.24, 2.45) is 0 Å². The van der Waals surface area contributed by atoms with Gasteiger partial charge in [0, 0.05) is 0 Å². The third-order valence-corrected chi connectivity index (χ3v) is 5.69. The van der Waals surface area contributed by atoms with E-state index in [1.54, 1.807) is 11.1 Å². The van der Waals surface area contributed by atoms with E-state index >= 15 is 0 Å². The number of hydrogen-bond donors (Lipinski definition) is 0. The maximum atomic E-state index is 3.54. The van der Waals surface area contributed by atoms with E-state index in [2.05, 4.69) is 88.0 Å². The van der Waals surface area contributed by atoms with Crippen LogP contribution in [0.5, 0.6) is 0 Å². The molecule has 0 aliphatic heterocycles. The van der Waals surface area contributed by atoms with Gasteiger partial charge in [-0.3, -0.25) is 0 Å². The molecule has 1 aromatic rings. The standard InChI is InChI=1S/C18H26Br4/c19-17(20)13-5-1-3-9-15-11-7-8-12-16(15)10-4-2-6-14-18(21)22/h7-8,11-12,17-18H,1-6,9-10,13-14H2. The summed E-state index contributed by atoms with van der Waals surface area (Å²) < 4.78 is 0.955. The molecule has 0 N–H and O–H groups in total. The van der Waals surface area contributed by atoms with Crippen molar-refractivity contribution in [2.45, 2.75) is 71.7 Å². The van der Waals surface area contributed by atoms with Gasteiger partial charge in [-0.25, -0.2) is 0 Å². The summed E-state index contributed by atoms with van der Waals surface area (Å²) in [5, 5.41) is 0. The fourth-order valence-corrected chi connectivity index (χ4v) is 3.92. The molecule has 1 rings (SSSR count). The van der Waals surface area contributed by atoms with E-state index in [1.807, 2.05) is 0 Å². The molecule has 0 saturated carbocycles. The molecule has 0 aromatic heterocycles. The van der Waals surface area contributed by atoms with Gasteiger partial charge >= 0.3 is 0 Å². The zero-order valence-corrected chi connectivity index (χ0v) is 19.4. The van der Waals surface area contributed by atoms with E-state index in [4.69, 9.17) is 0 Å². The summed E-state index contributed by atoms with van der Waals surface area (Å²) in [6, 6.07) is 9.01. The van der Waals surface area contributed by atoms with Crippen LogP contribution in [0.1, 0.15) is 62.5 Å². The summed E-state index contributed by atoms with van der Waals surface area (Å²) in [6.45, 7) is 0.